The molecule has 0 spiro atoms. The van der Waals surface area contributed by atoms with Crippen LogP contribution in [0.2, 0.25) is 0 Å². The van der Waals surface area contributed by atoms with E-state index < -0.39 is 4.92 Å². The minimum atomic E-state index is -0.402. The first-order valence-electron chi connectivity index (χ1n) is 6.20. The normalized spacial score (nSPS) is 16.5. The summed E-state index contributed by atoms with van der Waals surface area (Å²) in [5.41, 5.74) is 0.570. The van der Waals surface area contributed by atoms with Gasteiger partial charge in [0.15, 0.2) is 0 Å². The highest BCUT2D eigenvalue weighted by Crippen LogP contribution is 2.32. The minimum Gasteiger partial charge on any atom is -0.378 e. The van der Waals surface area contributed by atoms with Crippen LogP contribution in [0, 0.1) is 16.0 Å². The van der Waals surface area contributed by atoms with Gasteiger partial charge in [0.05, 0.1) is 9.40 Å². The second-order valence-corrected chi connectivity index (χ2v) is 5.51. The molecule has 0 saturated heterocycles. The van der Waals surface area contributed by atoms with E-state index in [9.17, 15) is 10.1 Å². The lowest BCUT2D eigenvalue weighted by molar-refractivity contribution is -0.384. The third kappa shape index (κ3) is 3.19. The monoisotopic (exact) mass is 313 g/mol. The summed E-state index contributed by atoms with van der Waals surface area (Å²) in [6, 6.07) is 0. The highest BCUT2D eigenvalue weighted by atomic mass is 79.9. The van der Waals surface area contributed by atoms with Gasteiger partial charge in [-0.1, -0.05) is 19.3 Å². The smallest absolute Gasteiger partial charge is 0.311 e. The summed E-state index contributed by atoms with van der Waals surface area (Å²) < 4.78 is 0.646. The summed E-state index contributed by atoms with van der Waals surface area (Å²) in [5.74, 6) is 0.624. The third-order valence-electron chi connectivity index (χ3n) is 3.37. The number of hydrogen-bond acceptors (Lipinski definition) is 4. The number of pyridine rings is 1. The second kappa shape index (κ2) is 6.13. The molecule has 1 aliphatic rings. The summed E-state index contributed by atoms with van der Waals surface area (Å²) in [5, 5.41) is 14.1. The number of anilines is 1. The first-order valence-corrected chi connectivity index (χ1v) is 6.99. The molecule has 1 aromatic heterocycles. The topological polar surface area (TPSA) is 68.1 Å². The summed E-state index contributed by atoms with van der Waals surface area (Å²) in [6.45, 7) is 0.795. The molecule has 18 heavy (non-hydrogen) atoms. The molecular weight excluding hydrogens is 298 g/mol. The van der Waals surface area contributed by atoms with Crippen LogP contribution in [-0.4, -0.2) is 16.5 Å². The number of rotatable bonds is 4. The van der Waals surface area contributed by atoms with Crippen molar-refractivity contribution in [3.05, 3.63) is 27.0 Å². The lowest BCUT2D eigenvalue weighted by Gasteiger charge is -2.22. The molecular formula is C12H16BrN3O2. The number of nitrogens with zero attached hydrogens (tertiary/aromatic N) is 2. The molecule has 1 aliphatic carbocycles. The van der Waals surface area contributed by atoms with E-state index in [0.717, 1.165) is 6.54 Å². The maximum absolute atomic E-state index is 10.9. The first kappa shape index (κ1) is 13.3. The average Bonchev–Trinajstić information content (AvgIpc) is 2.38. The Hall–Kier alpha value is -1.17. The molecule has 0 aliphatic heterocycles. The molecule has 1 fully saturated rings. The third-order valence-corrected chi connectivity index (χ3v) is 3.97. The molecule has 98 valence electrons. The SMILES string of the molecule is O=[N+]([O-])c1cncc(Br)c1NCC1CCCCC1. The van der Waals surface area contributed by atoms with Crippen molar-refractivity contribution in [3.8, 4) is 0 Å². The zero-order valence-corrected chi connectivity index (χ0v) is 11.6. The zero-order chi connectivity index (χ0) is 13.0. The Bertz CT molecular complexity index is 433. The van der Waals surface area contributed by atoms with Crippen molar-refractivity contribution in [2.75, 3.05) is 11.9 Å². The van der Waals surface area contributed by atoms with E-state index >= 15 is 0 Å². The fraction of sp³-hybridized carbons (Fsp3) is 0.583. The molecule has 0 atom stereocenters. The van der Waals surface area contributed by atoms with Crippen LogP contribution in [0.1, 0.15) is 32.1 Å². The van der Waals surface area contributed by atoms with Gasteiger partial charge in [-0.3, -0.25) is 15.1 Å². The van der Waals surface area contributed by atoms with Crippen LogP contribution in [0.4, 0.5) is 11.4 Å². The van der Waals surface area contributed by atoms with Gasteiger partial charge >= 0.3 is 5.69 Å². The van der Waals surface area contributed by atoms with Gasteiger partial charge in [0.2, 0.25) is 0 Å². The van der Waals surface area contributed by atoms with Crippen LogP contribution >= 0.6 is 15.9 Å². The quantitative estimate of drug-likeness (QED) is 0.679. The summed E-state index contributed by atoms with van der Waals surface area (Å²) >= 11 is 3.31. The summed E-state index contributed by atoms with van der Waals surface area (Å²) in [4.78, 5) is 14.4. The Balaban J connectivity index is 2.05. The average molecular weight is 314 g/mol. The van der Waals surface area contributed by atoms with Gasteiger partial charge in [-0.25, -0.2) is 0 Å². The molecule has 2 rings (SSSR count). The van der Waals surface area contributed by atoms with Crippen LogP contribution in [0.5, 0.6) is 0 Å². The molecule has 6 heteroatoms. The van der Waals surface area contributed by atoms with Gasteiger partial charge in [-0.05, 0) is 34.7 Å². The first-order chi connectivity index (χ1) is 8.68. The highest BCUT2D eigenvalue weighted by Gasteiger charge is 2.19. The second-order valence-electron chi connectivity index (χ2n) is 4.66. The van der Waals surface area contributed by atoms with Crippen LogP contribution in [0.25, 0.3) is 0 Å². The maximum Gasteiger partial charge on any atom is 0.311 e. The minimum absolute atomic E-state index is 0.0279. The zero-order valence-electron chi connectivity index (χ0n) is 10.1. The van der Waals surface area contributed by atoms with Gasteiger partial charge < -0.3 is 5.32 Å². The van der Waals surface area contributed by atoms with Crippen LogP contribution in [0.3, 0.4) is 0 Å². The number of nitro groups is 1. The van der Waals surface area contributed by atoms with E-state index in [1.165, 1.54) is 38.3 Å². The van der Waals surface area contributed by atoms with Crippen molar-refractivity contribution in [1.29, 1.82) is 0 Å². The molecule has 1 aromatic rings. The Labute approximate surface area is 114 Å². The standard InChI is InChI=1S/C12H16BrN3O2/c13-10-7-14-8-11(16(17)18)12(10)15-6-9-4-2-1-3-5-9/h7-9H,1-6H2,(H,14,15). The lowest BCUT2D eigenvalue weighted by Crippen LogP contribution is -2.18. The number of nitrogens with one attached hydrogen (secondary N) is 1. The Morgan fingerprint density at radius 2 is 2.11 bits per heavy atom. The molecule has 1 heterocycles. The molecule has 1 saturated carbocycles. The van der Waals surface area contributed by atoms with E-state index in [4.69, 9.17) is 0 Å². The van der Waals surface area contributed by atoms with Gasteiger partial charge in [-0.2, -0.15) is 0 Å². The molecule has 0 unspecified atom stereocenters. The van der Waals surface area contributed by atoms with E-state index in [1.807, 2.05) is 0 Å². The van der Waals surface area contributed by atoms with E-state index in [-0.39, 0.29) is 5.69 Å². The largest absolute Gasteiger partial charge is 0.378 e. The van der Waals surface area contributed by atoms with E-state index in [0.29, 0.717) is 16.1 Å². The van der Waals surface area contributed by atoms with Crippen LogP contribution in [0.15, 0.2) is 16.9 Å². The Kier molecular flexibility index (Phi) is 4.52. The predicted octanol–water partition coefficient (Wildman–Crippen LogP) is 3.74. The van der Waals surface area contributed by atoms with Gasteiger partial charge in [0, 0.05) is 12.7 Å². The van der Waals surface area contributed by atoms with Crippen molar-refractivity contribution in [2.45, 2.75) is 32.1 Å². The molecule has 0 bridgehead atoms. The predicted molar refractivity (Wildman–Crippen MR) is 73.7 cm³/mol. The van der Waals surface area contributed by atoms with Crippen molar-refractivity contribution in [1.82, 2.24) is 4.98 Å². The van der Waals surface area contributed by atoms with Crippen molar-refractivity contribution in [2.24, 2.45) is 5.92 Å². The maximum atomic E-state index is 10.9. The number of halogens is 1. The van der Waals surface area contributed by atoms with Crippen molar-refractivity contribution in [3.63, 3.8) is 0 Å². The molecule has 0 amide bonds. The molecule has 0 radical (unpaired) electrons. The fourth-order valence-corrected chi connectivity index (χ4v) is 2.84. The van der Waals surface area contributed by atoms with E-state index in [2.05, 4.69) is 26.2 Å². The number of aromatic nitrogens is 1. The summed E-state index contributed by atoms with van der Waals surface area (Å²) in [6.07, 6.45) is 9.14. The fourth-order valence-electron chi connectivity index (χ4n) is 2.38. The van der Waals surface area contributed by atoms with Crippen molar-refractivity contribution >= 4 is 27.3 Å². The number of hydrogen-bond donors (Lipinski definition) is 1. The molecule has 5 nitrogen and oxygen atoms in total. The van der Waals surface area contributed by atoms with Crippen LogP contribution in [-0.2, 0) is 0 Å². The Morgan fingerprint density at radius 3 is 2.78 bits per heavy atom. The Morgan fingerprint density at radius 1 is 1.39 bits per heavy atom. The highest BCUT2D eigenvalue weighted by molar-refractivity contribution is 9.10. The lowest BCUT2D eigenvalue weighted by atomic mass is 9.89. The van der Waals surface area contributed by atoms with Crippen molar-refractivity contribution < 1.29 is 4.92 Å². The van der Waals surface area contributed by atoms with Gasteiger partial charge in [0.25, 0.3) is 0 Å². The summed E-state index contributed by atoms with van der Waals surface area (Å²) in [7, 11) is 0. The van der Waals surface area contributed by atoms with Gasteiger partial charge in [0.1, 0.15) is 11.9 Å². The van der Waals surface area contributed by atoms with Crippen LogP contribution < -0.4 is 5.32 Å². The molecule has 0 aromatic carbocycles. The molecule has 1 N–H and O–H groups in total. The van der Waals surface area contributed by atoms with Gasteiger partial charge in [-0.15, -0.1) is 0 Å². The van der Waals surface area contributed by atoms with E-state index in [1.54, 1.807) is 6.20 Å².